The highest BCUT2D eigenvalue weighted by atomic mass is 19.4. The van der Waals surface area contributed by atoms with Crippen LogP contribution in [0.25, 0.3) is 0 Å². The number of hydrogen-bond donors (Lipinski definition) is 0. The van der Waals surface area contributed by atoms with Gasteiger partial charge in [0.1, 0.15) is 12.8 Å². The smallest absolute Gasteiger partial charge is 0.248 e. The lowest BCUT2D eigenvalue weighted by molar-refractivity contribution is -0.367. The fourth-order valence-corrected chi connectivity index (χ4v) is 0.836. The maximum atomic E-state index is 12.7. The van der Waals surface area contributed by atoms with Crippen molar-refractivity contribution < 1.29 is 39.5 Å². The molecule has 0 aromatic heterocycles. The van der Waals surface area contributed by atoms with E-state index in [1.54, 1.807) is 0 Å². The fourth-order valence-electron chi connectivity index (χ4n) is 0.836. The summed E-state index contributed by atoms with van der Waals surface area (Å²) in [7, 11) is 0. The van der Waals surface area contributed by atoms with Gasteiger partial charge in [-0.25, -0.2) is 8.78 Å². The van der Waals surface area contributed by atoms with Crippen LogP contribution in [0.15, 0.2) is 0 Å². The van der Waals surface area contributed by atoms with Crippen LogP contribution >= 0.6 is 0 Å². The molecule has 2 unspecified atom stereocenters. The summed E-state index contributed by atoms with van der Waals surface area (Å²) in [5.74, 6) is -15.2. The fraction of sp³-hybridized carbons (Fsp3) is 1.00. The Hall–Kier alpha value is -0.630. The van der Waals surface area contributed by atoms with Crippen LogP contribution in [-0.2, 0) is 0 Å². The van der Waals surface area contributed by atoms with Crippen LogP contribution in [0, 0.1) is 5.92 Å². The molecule has 0 aromatic rings. The Bertz CT molecular complexity index is 231. The summed E-state index contributed by atoms with van der Waals surface area (Å²) in [4.78, 5) is 0. The highest BCUT2D eigenvalue weighted by Gasteiger charge is 2.75. The van der Waals surface area contributed by atoms with E-state index in [9.17, 15) is 39.5 Å². The quantitative estimate of drug-likeness (QED) is 0.676. The topological polar surface area (TPSA) is 0 Å². The third-order valence-corrected chi connectivity index (χ3v) is 2.04. The van der Waals surface area contributed by atoms with Crippen molar-refractivity contribution in [3.63, 3.8) is 0 Å². The van der Waals surface area contributed by atoms with Gasteiger partial charge in [0.2, 0.25) is 0 Å². The van der Waals surface area contributed by atoms with Crippen LogP contribution in [0.2, 0.25) is 0 Å². The molecule has 9 heteroatoms. The number of hydrogen-bond acceptors (Lipinski definition) is 0. The van der Waals surface area contributed by atoms with Gasteiger partial charge < -0.3 is 0 Å². The molecule has 0 aliphatic heterocycles. The second kappa shape index (κ2) is 4.33. The Morgan fingerprint density at radius 2 is 1.31 bits per heavy atom. The average molecular weight is 262 g/mol. The summed E-state index contributed by atoms with van der Waals surface area (Å²) in [5, 5.41) is 0. The van der Waals surface area contributed by atoms with Gasteiger partial charge in [-0.3, -0.25) is 0 Å². The molecule has 0 aliphatic carbocycles. The van der Waals surface area contributed by atoms with Crippen molar-refractivity contribution in [3.05, 3.63) is 0 Å². The van der Waals surface area contributed by atoms with Crippen molar-refractivity contribution in [1.82, 2.24) is 0 Å². The Labute approximate surface area is 84.4 Å². The van der Waals surface area contributed by atoms with Gasteiger partial charge in [0, 0.05) is 0 Å². The Kier molecular flexibility index (Phi) is 4.15. The molecule has 0 fully saturated rings. The minimum atomic E-state index is -6.53. The molecule has 0 heterocycles. The van der Waals surface area contributed by atoms with E-state index < -0.39 is 36.8 Å². The van der Waals surface area contributed by atoms with Crippen molar-refractivity contribution in [1.29, 1.82) is 0 Å². The Morgan fingerprint density at radius 1 is 0.938 bits per heavy atom. The number of alkyl halides is 9. The molecule has 2 atom stereocenters. The molecule has 0 N–H and O–H groups in total. The zero-order valence-electron chi connectivity index (χ0n) is 7.76. The van der Waals surface area contributed by atoms with Crippen molar-refractivity contribution >= 4 is 0 Å². The van der Waals surface area contributed by atoms with Crippen LogP contribution in [0.1, 0.15) is 6.92 Å². The summed E-state index contributed by atoms with van der Waals surface area (Å²) < 4.78 is 109. The SMILES string of the molecule is CC(C(F)CF)C(F)(F)C(F)(F)C(F)(F)F. The van der Waals surface area contributed by atoms with Gasteiger partial charge in [-0.2, -0.15) is 30.7 Å². The second-order valence-corrected chi connectivity index (χ2v) is 3.15. The van der Waals surface area contributed by atoms with Gasteiger partial charge in [0.25, 0.3) is 0 Å². The largest absolute Gasteiger partial charge is 0.459 e. The first kappa shape index (κ1) is 15.4. The molecule has 98 valence electrons. The van der Waals surface area contributed by atoms with E-state index in [1.807, 2.05) is 0 Å². The van der Waals surface area contributed by atoms with E-state index in [4.69, 9.17) is 0 Å². The average Bonchev–Trinajstić information content (AvgIpc) is 2.13. The molecule has 0 bridgehead atoms. The maximum Gasteiger partial charge on any atom is 0.459 e. The third-order valence-electron chi connectivity index (χ3n) is 2.04. The minimum Gasteiger partial charge on any atom is -0.248 e. The molecule has 0 spiro atoms. The van der Waals surface area contributed by atoms with Gasteiger partial charge in [-0.1, -0.05) is 6.92 Å². The van der Waals surface area contributed by atoms with E-state index >= 15 is 0 Å². The summed E-state index contributed by atoms with van der Waals surface area (Å²) in [5.41, 5.74) is 0. The molecular weight excluding hydrogens is 255 g/mol. The van der Waals surface area contributed by atoms with Crippen LogP contribution in [0.3, 0.4) is 0 Å². The van der Waals surface area contributed by atoms with Gasteiger partial charge in [-0.05, 0) is 0 Å². The molecule has 0 saturated heterocycles. The first-order valence-electron chi connectivity index (χ1n) is 3.92. The van der Waals surface area contributed by atoms with E-state index in [0.717, 1.165) is 0 Å². The van der Waals surface area contributed by atoms with Gasteiger partial charge >= 0.3 is 18.0 Å². The molecule has 16 heavy (non-hydrogen) atoms. The molecule has 0 nitrogen and oxygen atoms in total. The monoisotopic (exact) mass is 262 g/mol. The lowest BCUT2D eigenvalue weighted by Gasteiger charge is -2.33. The summed E-state index contributed by atoms with van der Waals surface area (Å²) in [6.45, 7) is -1.98. The lowest BCUT2D eigenvalue weighted by Crippen LogP contribution is -2.57. The van der Waals surface area contributed by atoms with Crippen LogP contribution in [-0.4, -0.2) is 30.9 Å². The van der Waals surface area contributed by atoms with Crippen molar-refractivity contribution in [2.45, 2.75) is 31.1 Å². The minimum absolute atomic E-state index is 0.0872. The van der Waals surface area contributed by atoms with Crippen molar-refractivity contribution in [2.75, 3.05) is 6.67 Å². The first-order chi connectivity index (χ1) is 6.89. The molecule has 0 aliphatic rings. The first-order valence-corrected chi connectivity index (χ1v) is 3.92. The molecule has 0 amide bonds. The zero-order valence-corrected chi connectivity index (χ0v) is 7.76. The predicted octanol–water partition coefficient (Wildman–Crippen LogP) is 3.76. The van der Waals surface area contributed by atoms with E-state index in [1.165, 1.54) is 0 Å². The van der Waals surface area contributed by atoms with Gasteiger partial charge in [0.15, 0.2) is 0 Å². The summed E-state index contributed by atoms with van der Waals surface area (Å²) in [6.07, 6.45) is -9.62. The van der Waals surface area contributed by atoms with Crippen molar-refractivity contribution in [2.24, 2.45) is 5.92 Å². The Morgan fingerprint density at radius 3 is 1.56 bits per heavy atom. The van der Waals surface area contributed by atoms with Gasteiger partial charge in [0.05, 0.1) is 5.92 Å². The highest BCUT2D eigenvalue weighted by molar-refractivity contribution is 4.96. The molecule has 0 aromatic carbocycles. The summed E-state index contributed by atoms with van der Waals surface area (Å²) >= 11 is 0. The van der Waals surface area contributed by atoms with Crippen LogP contribution in [0.4, 0.5) is 39.5 Å². The maximum absolute atomic E-state index is 12.7. The van der Waals surface area contributed by atoms with E-state index in [2.05, 4.69) is 0 Å². The molecule has 0 radical (unpaired) electrons. The molecular formula is C7H7F9. The van der Waals surface area contributed by atoms with Crippen molar-refractivity contribution in [3.8, 4) is 0 Å². The van der Waals surface area contributed by atoms with Crippen LogP contribution in [0.5, 0.6) is 0 Å². The number of rotatable bonds is 4. The third kappa shape index (κ3) is 2.37. The zero-order chi connectivity index (χ0) is 13.4. The second-order valence-electron chi connectivity index (χ2n) is 3.15. The predicted molar refractivity (Wildman–Crippen MR) is 36.0 cm³/mol. The van der Waals surface area contributed by atoms with Crippen LogP contribution < -0.4 is 0 Å². The van der Waals surface area contributed by atoms with E-state index in [-0.39, 0.29) is 6.92 Å². The standard InChI is InChI=1S/C7H7F9/c1-3(4(9)2-8)5(10,11)6(12,13)7(14,15)16/h3-4H,2H2,1H3. The van der Waals surface area contributed by atoms with E-state index in [0.29, 0.717) is 0 Å². The normalized spacial score (nSPS) is 18.4. The Balaban J connectivity index is 5.19. The van der Waals surface area contributed by atoms with Gasteiger partial charge in [-0.15, -0.1) is 0 Å². The lowest BCUT2D eigenvalue weighted by atomic mass is 9.93. The number of halogens is 9. The molecule has 0 rings (SSSR count). The molecule has 0 saturated carbocycles. The highest BCUT2D eigenvalue weighted by Crippen LogP contribution is 2.50. The summed E-state index contributed by atoms with van der Waals surface area (Å²) in [6, 6.07) is 0.